The van der Waals surface area contributed by atoms with E-state index in [1.807, 2.05) is 35.0 Å². The minimum atomic E-state index is -0.402. The summed E-state index contributed by atoms with van der Waals surface area (Å²) in [5.41, 5.74) is 7.77. The van der Waals surface area contributed by atoms with Crippen molar-refractivity contribution in [2.45, 2.75) is 37.6 Å². The van der Waals surface area contributed by atoms with Crippen molar-refractivity contribution in [3.05, 3.63) is 48.0 Å². The van der Waals surface area contributed by atoms with Crippen LogP contribution in [0.3, 0.4) is 0 Å². The van der Waals surface area contributed by atoms with E-state index in [0.717, 1.165) is 37.0 Å². The van der Waals surface area contributed by atoms with E-state index in [9.17, 15) is 0 Å². The molecule has 0 aromatic carbocycles. The zero-order chi connectivity index (χ0) is 14.3. The van der Waals surface area contributed by atoms with Gasteiger partial charge in [-0.05, 0) is 25.0 Å². The molecule has 6 nitrogen and oxygen atoms in total. The van der Waals surface area contributed by atoms with Crippen LogP contribution in [0.15, 0.2) is 35.1 Å². The van der Waals surface area contributed by atoms with Gasteiger partial charge in [0.05, 0.1) is 17.7 Å². The first kappa shape index (κ1) is 15.0. The van der Waals surface area contributed by atoms with Crippen LogP contribution in [-0.4, -0.2) is 19.5 Å². The fourth-order valence-corrected chi connectivity index (χ4v) is 2.99. The zero-order valence-electron chi connectivity index (χ0n) is 12.1. The molecule has 0 unspecified atom stereocenters. The number of aromatic nitrogens is 4. The summed E-state index contributed by atoms with van der Waals surface area (Å²) in [5, 5.41) is 4.07. The predicted octanol–water partition coefficient (Wildman–Crippen LogP) is 2.46. The zero-order valence-corrected chi connectivity index (χ0v) is 12.9. The molecule has 0 radical (unpaired) electrons. The molecule has 1 fully saturated rings. The Morgan fingerprint density at radius 3 is 2.82 bits per heavy atom. The second-order valence-corrected chi connectivity index (χ2v) is 5.75. The highest BCUT2D eigenvalue weighted by atomic mass is 35.5. The van der Waals surface area contributed by atoms with Crippen LogP contribution in [0.2, 0.25) is 0 Å². The van der Waals surface area contributed by atoms with Crippen LogP contribution in [0.4, 0.5) is 0 Å². The molecule has 0 spiro atoms. The average Bonchev–Trinajstić information content (AvgIpc) is 3.18. The molecule has 0 amide bonds. The highest BCUT2D eigenvalue weighted by Crippen LogP contribution is 2.34. The molecule has 0 atom stereocenters. The van der Waals surface area contributed by atoms with E-state index in [4.69, 9.17) is 10.3 Å². The van der Waals surface area contributed by atoms with Gasteiger partial charge >= 0.3 is 0 Å². The van der Waals surface area contributed by atoms with Crippen molar-refractivity contribution in [3.8, 4) is 0 Å². The quantitative estimate of drug-likeness (QED) is 0.802. The molecule has 7 heteroatoms. The molecule has 1 aliphatic rings. The Morgan fingerprint density at radius 2 is 2.05 bits per heavy atom. The van der Waals surface area contributed by atoms with Gasteiger partial charge in [0.15, 0.2) is 5.82 Å². The maximum absolute atomic E-state index is 6.34. The van der Waals surface area contributed by atoms with Crippen LogP contribution >= 0.6 is 12.4 Å². The second-order valence-electron chi connectivity index (χ2n) is 5.75. The normalized spacial score (nSPS) is 16.8. The van der Waals surface area contributed by atoms with Crippen molar-refractivity contribution in [3.63, 3.8) is 0 Å². The molecule has 3 aromatic rings. The highest BCUT2D eigenvalue weighted by Gasteiger charge is 2.35. The van der Waals surface area contributed by atoms with Crippen molar-refractivity contribution in [1.82, 2.24) is 19.5 Å². The smallest absolute Gasteiger partial charge is 0.232 e. The maximum atomic E-state index is 6.34. The van der Waals surface area contributed by atoms with Crippen LogP contribution in [-0.2, 0) is 12.0 Å². The maximum Gasteiger partial charge on any atom is 0.232 e. The summed E-state index contributed by atoms with van der Waals surface area (Å²) in [6, 6.07) is 5.91. The summed E-state index contributed by atoms with van der Waals surface area (Å²) < 4.78 is 7.33. The van der Waals surface area contributed by atoms with E-state index < -0.39 is 5.54 Å². The third kappa shape index (κ3) is 2.60. The fourth-order valence-electron chi connectivity index (χ4n) is 2.99. The number of hydrogen-bond donors (Lipinski definition) is 1. The van der Waals surface area contributed by atoms with Crippen LogP contribution in [0.25, 0.3) is 5.65 Å². The molecule has 22 heavy (non-hydrogen) atoms. The number of rotatable bonds is 3. The summed E-state index contributed by atoms with van der Waals surface area (Å²) in [7, 11) is 0. The molecule has 3 aromatic heterocycles. The van der Waals surface area contributed by atoms with E-state index in [2.05, 4.69) is 15.1 Å². The van der Waals surface area contributed by atoms with Gasteiger partial charge < -0.3 is 14.7 Å². The van der Waals surface area contributed by atoms with Crippen molar-refractivity contribution < 1.29 is 4.52 Å². The van der Waals surface area contributed by atoms with E-state index in [1.54, 1.807) is 0 Å². The van der Waals surface area contributed by atoms with E-state index in [-0.39, 0.29) is 12.4 Å². The van der Waals surface area contributed by atoms with Gasteiger partial charge in [0.25, 0.3) is 0 Å². The van der Waals surface area contributed by atoms with Gasteiger partial charge in [0.1, 0.15) is 5.65 Å². The molecule has 0 aliphatic heterocycles. The Hall–Kier alpha value is -1.92. The van der Waals surface area contributed by atoms with Gasteiger partial charge in [-0.3, -0.25) is 0 Å². The van der Waals surface area contributed by atoms with Crippen LogP contribution in [0.1, 0.15) is 43.1 Å². The van der Waals surface area contributed by atoms with E-state index in [0.29, 0.717) is 18.1 Å². The Bertz CT molecular complexity index is 742. The highest BCUT2D eigenvalue weighted by molar-refractivity contribution is 5.85. The third-order valence-corrected chi connectivity index (χ3v) is 4.16. The van der Waals surface area contributed by atoms with Crippen LogP contribution in [0.5, 0.6) is 0 Å². The molecule has 116 valence electrons. The summed E-state index contributed by atoms with van der Waals surface area (Å²) in [6.07, 6.45) is 8.61. The second kappa shape index (κ2) is 5.70. The van der Waals surface area contributed by atoms with Crippen molar-refractivity contribution in [2.24, 2.45) is 5.73 Å². The number of imidazole rings is 1. The van der Waals surface area contributed by atoms with Gasteiger partial charge in [-0.1, -0.05) is 24.1 Å². The summed E-state index contributed by atoms with van der Waals surface area (Å²) in [5.74, 6) is 1.21. The lowest BCUT2D eigenvalue weighted by molar-refractivity contribution is 0.352. The van der Waals surface area contributed by atoms with Gasteiger partial charge in [0, 0.05) is 12.4 Å². The molecule has 2 N–H and O–H groups in total. The fraction of sp³-hybridized carbons (Fsp3) is 0.400. The molecular weight excluding hydrogens is 302 g/mol. The number of hydrogen-bond acceptors (Lipinski definition) is 5. The number of pyridine rings is 1. The van der Waals surface area contributed by atoms with E-state index in [1.165, 1.54) is 0 Å². The largest absolute Gasteiger partial charge is 0.339 e. The lowest BCUT2D eigenvalue weighted by Gasteiger charge is -2.17. The van der Waals surface area contributed by atoms with Crippen LogP contribution < -0.4 is 5.73 Å². The minimum absolute atomic E-state index is 0. The topological polar surface area (TPSA) is 82.2 Å². The first-order chi connectivity index (χ1) is 10.2. The number of nitrogens with two attached hydrogens (primary N) is 1. The molecule has 0 bridgehead atoms. The monoisotopic (exact) mass is 319 g/mol. The SMILES string of the molecule is Cl.NC1(c2noc(Cc3cn4ccccc4n3)n2)CCCC1. The van der Waals surface area contributed by atoms with Gasteiger partial charge in [0.2, 0.25) is 5.89 Å². The van der Waals surface area contributed by atoms with Gasteiger partial charge in [-0.15, -0.1) is 12.4 Å². The van der Waals surface area contributed by atoms with Crippen LogP contribution in [0, 0.1) is 0 Å². The van der Waals surface area contributed by atoms with Crippen molar-refractivity contribution in [2.75, 3.05) is 0 Å². The molecule has 3 heterocycles. The summed E-state index contributed by atoms with van der Waals surface area (Å²) >= 11 is 0. The standard InChI is InChI=1S/C15H17N5O.ClH/c16-15(6-2-3-7-15)14-18-13(21-19-14)9-11-10-20-8-4-1-5-12(20)17-11;/h1,4-5,8,10H,2-3,6-7,9,16H2;1H. The molecule has 1 saturated carbocycles. The van der Waals surface area contributed by atoms with Crippen molar-refractivity contribution in [1.29, 1.82) is 0 Å². The average molecular weight is 320 g/mol. The lowest BCUT2D eigenvalue weighted by atomic mass is 9.99. The first-order valence-electron chi connectivity index (χ1n) is 7.27. The molecule has 0 saturated heterocycles. The number of nitrogens with zero attached hydrogens (tertiary/aromatic N) is 4. The lowest BCUT2D eigenvalue weighted by Crippen LogP contribution is -2.34. The Labute approximate surface area is 134 Å². The summed E-state index contributed by atoms with van der Waals surface area (Å²) in [4.78, 5) is 9.01. The van der Waals surface area contributed by atoms with Gasteiger partial charge in [-0.2, -0.15) is 4.98 Å². The Kier molecular flexibility index (Phi) is 3.88. The molecular formula is C15H18ClN5O. The Balaban J connectivity index is 0.00000144. The summed E-state index contributed by atoms with van der Waals surface area (Å²) in [6.45, 7) is 0. The molecule has 1 aliphatic carbocycles. The predicted molar refractivity (Wildman–Crippen MR) is 83.9 cm³/mol. The van der Waals surface area contributed by atoms with E-state index >= 15 is 0 Å². The molecule has 4 rings (SSSR count). The number of halogens is 1. The van der Waals surface area contributed by atoms with Gasteiger partial charge in [-0.25, -0.2) is 4.98 Å². The van der Waals surface area contributed by atoms with Crippen molar-refractivity contribution >= 4 is 18.1 Å². The Morgan fingerprint density at radius 1 is 1.23 bits per heavy atom. The minimum Gasteiger partial charge on any atom is -0.339 e. The number of fused-ring (bicyclic) bond motifs is 1. The third-order valence-electron chi connectivity index (χ3n) is 4.16. The first-order valence-corrected chi connectivity index (χ1v) is 7.27.